The molecule has 0 unspecified atom stereocenters. The minimum atomic E-state index is -0.393. The first-order valence-corrected chi connectivity index (χ1v) is 8.74. The maximum atomic E-state index is 12.0. The molecule has 8 nitrogen and oxygen atoms in total. The highest BCUT2D eigenvalue weighted by molar-refractivity contribution is 5.94. The molecule has 2 aromatic carbocycles. The molecule has 0 saturated heterocycles. The number of hydrogen-bond acceptors (Lipinski definition) is 6. The van der Waals surface area contributed by atoms with E-state index in [-0.39, 0.29) is 24.5 Å². The number of phenolic OH excluding ortho intramolecular Hbond substituents is 1. The zero-order valence-corrected chi connectivity index (χ0v) is 15.8. The Morgan fingerprint density at radius 3 is 2.61 bits per heavy atom. The third kappa shape index (κ3) is 6.31. The summed E-state index contributed by atoms with van der Waals surface area (Å²) < 4.78 is 10.4. The molecule has 8 heteroatoms. The normalized spacial score (nSPS) is 10.5. The molecule has 28 heavy (non-hydrogen) atoms. The van der Waals surface area contributed by atoms with Gasteiger partial charge in [0, 0.05) is 12.8 Å². The number of nitrogens with one attached hydrogen (secondary N) is 2. The van der Waals surface area contributed by atoms with E-state index in [0.717, 1.165) is 0 Å². The van der Waals surface area contributed by atoms with E-state index in [0.29, 0.717) is 29.4 Å². The summed E-state index contributed by atoms with van der Waals surface area (Å²) in [5.41, 5.74) is 3.56. The Labute approximate surface area is 163 Å². The summed E-state index contributed by atoms with van der Waals surface area (Å²) in [4.78, 5) is 23.8. The zero-order chi connectivity index (χ0) is 20.4. The molecule has 3 N–H and O–H groups in total. The van der Waals surface area contributed by atoms with E-state index < -0.39 is 5.91 Å². The molecule has 0 aliphatic rings. The predicted molar refractivity (Wildman–Crippen MR) is 106 cm³/mol. The van der Waals surface area contributed by atoms with Crippen LogP contribution in [0.5, 0.6) is 17.2 Å². The number of para-hydroxylation sites is 2. The van der Waals surface area contributed by atoms with Gasteiger partial charge in [-0.1, -0.05) is 12.1 Å². The highest BCUT2D eigenvalue weighted by Crippen LogP contribution is 2.26. The van der Waals surface area contributed by atoms with Crippen molar-refractivity contribution in [2.45, 2.75) is 19.8 Å². The van der Waals surface area contributed by atoms with E-state index in [2.05, 4.69) is 15.8 Å². The summed E-state index contributed by atoms with van der Waals surface area (Å²) in [6.45, 7) is 2.23. The van der Waals surface area contributed by atoms with E-state index in [1.807, 2.05) is 6.92 Å². The number of hydrazone groups is 1. The number of carbonyl (C=O) groups is 2. The molecule has 0 atom stereocenters. The van der Waals surface area contributed by atoms with Gasteiger partial charge >= 0.3 is 0 Å². The van der Waals surface area contributed by atoms with Crippen LogP contribution < -0.4 is 20.2 Å². The van der Waals surface area contributed by atoms with Gasteiger partial charge in [0.1, 0.15) is 5.75 Å². The van der Waals surface area contributed by atoms with Crippen LogP contribution in [0.1, 0.15) is 25.3 Å². The van der Waals surface area contributed by atoms with Gasteiger partial charge in [-0.05, 0) is 42.8 Å². The molecule has 0 aliphatic heterocycles. The van der Waals surface area contributed by atoms with Crippen molar-refractivity contribution in [3.63, 3.8) is 0 Å². The Morgan fingerprint density at radius 2 is 1.86 bits per heavy atom. The monoisotopic (exact) mass is 385 g/mol. The molecule has 0 fully saturated rings. The second-order valence-electron chi connectivity index (χ2n) is 5.70. The van der Waals surface area contributed by atoms with Crippen molar-refractivity contribution in [2.24, 2.45) is 5.10 Å². The fourth-order valence-electron chi connectivity index (χ4n) is 2.30. The standard InChI is InChI=1S/C20H23N3O5/c1-3-28-18-12-14(8-9-16(18)24)13-21-23-20(26)11-10-19(25)22-15-6-4-5-7-17(15)27-2/h4-9,12-13,24H,3,10-11H2,1-2H3,(H,22,25)(H,23,26). The van der Waals surface area contributed by atoms with Gasteiger partial charge in [-0.2, -0.15) is 5.10 Å². The number of rotatable bonds is 9. The molecule has 2 amide bonds. The summed E-state index contributed by atoms with van der Waals surface area (Å²) in [5.74, 6) is 0.221. The van der Waals surface area contributed by atoms with Crippen LogP contribution in [0.25, 0.3) is 0 Å². The van der Waals surface area contributed by atoms with Gasteiger partial charge in [-0.15, -0.1) is 0 Å². The van der Waals surface area contributed by atoms with Gasteiger partial charge in [0.05, 0.1) is 25.6 Å². The molecule has 2 rings (SSSR count). The lowest BCUT2D eigenvalue weighted by molar-refractivity contribution is -0.124. The maximum Gasteiger partial charge on any atom is 0.240 e. The van der Waals surface area contributed by atoms with Crippen LogP contribution in [-0.2, 0) is 9.59 Å². The molecule has 148 valence electrons. The first-order chi connectivity index (χ1) is 13.5. The minimum Gasteiger partial charge on any atom is -0.504 e. The van der Waals surface area contributed by atoms with Crippen LogP contribution in [0.2, 0.25) is 0 Å². The van der Waals surface area contributed by atoms with Crippen LogP contribution >= 0.6 is 0 Å². The molecule has 2 aromatic rings. The van der Waals surface area contributed by atoms with Crippen molar-refractivity contribution < 1.29 is 24.2 Å². The van der Waals surface area contributed by atoms with Crippen LogP contribution in [0.4, 0.5) is 5.69 Å². The van der Waals surface area contributed by atoms with Crippen molar-refractivity contribution >= 4 is 23.7 Å². The molecule has 0 saturated carbocycles. The molecule has 0 spiro atoms. The fraction of sp³-hybridized carbons (Fsp3) is 0.250. The van der Waals surface area contributed by atoms with Gasteiger partial charge in [-0.3, -0.25) is 9.59 Å². The Bertz CT molecular complexity index is 851. The van der Waals surface area contributed by atoms with Crippen LogP contribution in [-0.4, -0.2) is 36.9 Å². The molecular formula is C20H23N3O5. The molecule has 0 aliphatic carbocycles. The van der Waals surface area contributed by atoms with Crippen molar-refractivity contribution in [1.82, 2.24) is 5.43 Å². The number of methoxy groups -OCH3 is 1. The molecular weight excluding hydrogens is 362 g/mol. The van der Waals surface area contributed by atoms with Crippen LogP contribution in [0.15, 0.2) is 47.6 Å². The summed E-state index contributed by atoms with van der Waals surface area (Å²) in [6.07, 6.45) is 1.42. The average Bonchev–Trinajstić information content (AvgIpc) is 2.69. The topological polar surface area (TPSA) is 109 Å². The largest absolute Gasteiger partial charge is 0.504 e. The number of hydrogen-bond donors (Lipinski definition) is 3. The Morgan fingerprint density at radius 1 is 1.11 bits per heavy atom. The zero-order valence-electron chi connectivity index (χ0n) is 15.8. The second kappa shape index (κ2) is 10.6. The van der Waals surface area contributed by atoms with Crippen molar-refractivity contribution in [3.8, 4) is 17.2 Å². The van der Waals surface area contributed by atoms with E-state index in [4.69, 9.17) is 9.47 Å². The quantitative estimate of drug-likeness (QED) is 0.454. The number of carbonyl (C=O) groups excluding carboxylic acids is 2. The van der Waals surface area contributed by atoms with E-state index in [9.17, 15) is 14.7 Å². The highest BCUT2D eigenvalue weighted by Gasteiger charge is 2.09. The summed E-state index contributed by atoms with van der Waals surface area (Å²) in [5, 5.41) is 16.2. The third-order valence-electron chi connectivity index (χ3n) is 3.65. The van der Waals surface area contributed by atoms with Gasteiger partial charge in [0.25, 0.3) is 0 Å². The lowest BCUT2D eigenvalue weighted by atomic mass is 10.2. The van der Waals surface area contributed by atoms with Gasteiger partial charge in [0.15, 0.2) is 11.5 Å². The predicted octanol–water partition coefficient (Wildman–Crippen LogP) is 2.67. The lowest BCUT2D eigenvalue weighted by Crippen LogP contribution is -2.20. The van der Waals surface area contributed by atoms with Crippen LogP contribution in [0.3, 0.4) is 0 Å². The summed E-state index contributed by atoms with van der Waals surface area (Å²) in [7, 11) is 1.52. The smallest absolute Gasteiger partial charge is 0.240 e. The van der Waals surface area contributed by atoms with Gasteiger partial charge in [-0.25, -0.2) is 5.43 Å². The molecule has 0 radical (unpaired) electrons. The van der Waals surface area contributed by atoms with Gasteiger partial charge in [0.2, 0.25) is 11.8 Å². The van der Waals surface area contributed by atoms with E-state index >= 15 is 0 Å². The number of nitrogens with zero attached hydrogens (tertiary/aromatic N) is 1. The number of phenols is 1. The summed E-state index contributed by atoms with van der Waals surface area (Å²) >= 11 is 0. The minimum absolute atomic E-state index is 0.00704. The van der Waals surface area contributed by atoms with Crippen molar-refractivity contribution in [3.05, 3.63) is 48.0 Å². The number of ether oxygens (including phenoxy) is 2. The molecule has 0 aromatic heterocycles. The first kappa shape index (κ1) is 20.8. The molecule has 0 heterocycles. The number of benzene rings is 2. The van der Waals surface area contributed by atoms with Crippen LogP contribution in [0, 0.1) is 0 Å². The van der Waals surface area contributed by atoms with E-state index in [1.54, 1.807) is 36.4 Å². The average molecular weight is 385 g/mol. The Kier molecular flexibility index (Phi) is 7.83. The third-order valence-corrected chi connectivity index (χ3v) is 3.65. The van der Waals surface area contributed by atoms with Crippen molar-refractivity contribution in [2.75, 3.05) is 19.0 Å². The lowest BCUT2D eigenvalue weighted by Gasteiger charge is -2.09. The van der Waals surface area contributed by atoms with E-state index in [1.165, 1.54) is 19.4 Å². The molecule has 0 bridgehead atoms. The highest BCUT2D eigenvalue weighted by atomic mass is 16.5. The number of amides is 2. The Balaban J connectivity index is 1.80. The summed E-state index contributed by atoms with van der Waals surface area (Å²) in [6, 6.07) is 11.7. The first-order valence-electron chi connectivity index (χ1n) is 8.74. The fourth-order valence-corrected chi connectivity index (χ4v) is 2.30. The Hall–Kier alpha value is -3.55. The SMILES string of the molecule is CCOc1cc(C=NNC(=O)CCC(=O)Nc2ccccc2OC)ccc1O. The maximum absolute atomic E-state index is 12.0. The van der Waals surface area contributed by atoms with Crippen molar-refractivity contribution in [1.29, 1.82) is 0 Å². The van der Waals surface area contributed by atoms with Gasteiger partial charge < -0.3 is 19.9 Å². The number of aromatic hydroxyl groups is 1. The second-order valence-corrected chi connectivity index (χ2v) is 5.70. The number of anilines is 1.